The number of benzene rings is 1. The van der Waals surface area contributed by atoms with E-state index >= 15 is 0 Å². The molecule has 0 bridgehead atoms. The molecule has 0 spiro atoms. The van der Waals surface area contributed by atoms with Gasteiger partial charge in [-0.2, -0.15) is 5.10 Å². The summed E-state index contributed by atoms with van der Waals surface area (Å²) in [7, 11) is 0. The number of aromatic nitrogens is 2. The van der Waals surface area contributed by atoms with Crippen molar-refractivity contribution < 1.29 is 9.18 Å². The van der Waals surface area contributed by atoms with E-state index < -0.39 is 0 Å². The highest BCUT2D eigenvalue weighted by atomic mass is 19.1. The number of hydrogen-bond donors (Lipinski definition) is 1. The Morgan fingerprint density at radius 2 is 2.08 bits per heavy atom. The summed E-state index contributed by atoms with van der Waals surface area (Å²) in [6.45, 7) is 6.51. The first-order valence-corrected chi connectivity index (χ1v) is 8.43. The van der Waals surface area contributed by atoms with Crippen molar-refractivity contribution in [1.29, 1.82) is 0 Å². The lowest BCUT2D eigenvalue weighted by atomic mass is 10.2. The fourth-order valence-electron chi connectivity index (χ4n) is 2.92. The predicted octanol–water partition coefficient (Wildman–Crippen LogP) is 2.53. The number of nitrogens with one attached hydrogen (secondary N) is 1. The Balaban J connectivity index is 1.62. The zero-order valence-corrected chi connectivity index (χ0v) is 14.1. The van der Waals surface area contributed by atoms with Crippen LogP contribution < -0.4 is 5.32 Å². The van der Waals surface area contributed by atoms with Crippen molar-refractivity contribution in [2.75, 3.05) is 19.6 Å². The molecular formula is C18H23FN4O. The monoisotopic (exact) mass is 330 g/mol. The van der Waals surface area contributed by atoms with Crippen molar-refractivity contribution in [2.24, 2.45) is 0 Å². The summed E-state index contributed by atoms with van der Waals surface area (Å²) in [5.41, 5.74) is 2.03. The van der Waals surface area contributed by atoms with Crippen molar-refractivity contribution in [3.8, 4) is 5.69 Å². The van der Waals surface area contributed by atoms with Gasteiger partial charge in [-0.1, -0.05) is 6.92 Å². The second-order valence-electron chi connectivity index (χ2n) is 6.15. The first kappa shape index (κ1) is 16.6. The molecule has 1 aromatic heterocycles. The number of rotatable bonds is 7. The van der Waals surface area contributed by atoms with Crippen molar-refractivity contribution in [3.05, 3.63) is 47.5 Å². The van der Waals surface area contributed by atoms with Gasteiger partial charge in [0.25, 0.3) is 5.91 Å². The van der Waals surface area contributed by atoms with Crippen molar-refractivity contribution in [1.82, 2.24) is 20.0 Å². The second-order valence-corrected chi connectivity index (χ2v) is 6.15. The molecule has 0 atom stereocenters. The first-order chi connectivity index (χ1) is 11.6. The Morgan fingerprint density at radius 1 is 1.38 bits per heavy atom. The van der Waals surface area contributed by atoms with E-state index in [1.54, 1.807) is 23.0 Å². The molecule has 1 aliphatic rings. The van der Waals surface area contributed by atoms with Gasteiger partial charge in [-0.25, -0.2) is 9.07 Å². The van der Waals surface area contributed by atoms with Crippen LogP contribution in [0.25, 0.3) is 5.69 Å². The lowest BCUT2D eigenvalue weighted by Crippen LogP contribution is -2.36. The SMILES string of the molecule is CCN(CCNC(=O)c1cnn(-c2ccc(F)cc2)c1C)C1CC1. The summed E-state index contributed by atoms with van der Waals surface area (Å²) < 4.78 is 14.7. The van der Waals surface area contributed by atoms with Crippen molar-refractivity contribution in [3.63, 3.8) is 0 Å². The number of halogens is 1. The van der Waals surface area contributed by atoms with Gasteiger partial charge in [0.15, 0.2) is 0 Å². The summed E-state index contributed by atoms with van der Waals surface area (Å²) in [5.74, 6) is -0.412. The van der Waals surface area contributed by atoms with E-state index in [1.807, 2.05) is 6.92 Å². The summed E-state index contributed by atoms with van der Waals surface area (Å²) in [5, 5.41) is 7.22. The largest absolute Gasteiger partial charge is 0.351 e. The van der Waals surface area contributed by atoms with Gasteiger partial charge in [0.1, 0.15) is 5.82 Å². The molecule has 1 amide bonds. The minimum atomic E-state index is -0.294. The van der Waals surface area contributed by atoms with E-state index in [-0.39, 0.29) is 11.7 Å². The maximum Gasteiger partial charge on any atom is 0.254 e. The lowest BCUT2D eigenvalue weighted by Gasteiger charge is -2.19. The maximum atomic E-state index is 13.0. The van der Waals surface area contributed by atoms with Crippen LogP contribution in [-0.2, 0) is 0 Å². The standard InChI is InChI=1S/C18H23FN4O/c1-3-22(15-8-9-15)11-10-20-18(24)17-12-21-23(13(17)2)16-6-4-14(19)5-7-16/h4-7,12,15H,3,8-11H2,1-2H3,(H,20,24). The van der Waals surface area contributed by atoms with Crippen LogP contribution in [0.5, 0.6) is 0 Å². The number of carbonyl (C=O) groups excluding carboxylic acids is 1. The van der Waals surface area contributed by atoms with Crippen LogP contribution in [0.3, 0.4) is 0 Å². The minimum absolute atomic E-state index is 0.118. The van der Waals surface area contributed by atoms with Gasteiger partial charge in [0.2, 0.25) is 0 Å². The van der Waals surface area contributed by atoms with Gasteiger partial charge >= 0.3 is 0 Å². The van der Waals surface area contributed by atoms with Crippen LogP contribution in [-0.4, -0.2) is 46.3 Å². The highest BCUT2D eigenvalue weighted by Gasteiger charge is 2.27. The smallest absolute Gasteiger partial charge is 0.254 e. The zero-order chi connectivity index (χ0) is 17.1. The number of carbonyl (C=O) groups is 1. The molecule has 0 saturated heterocycles. The number of nitrogens with zero attached hydrogens (tertiary/aromatic N) is 3. The van der Waals surface area contributed by atoms with E-state index in [1.165, 1.54) is 25.0 Å². The molecule has 128 valence electrons. The average molecular weight is 330 g/mol. The van der Waals surface area contributed by atoms with Gasteiger partial charge in [-0.15, -0.1) is 0 Å². The molecule has 0 radical (unpaired) electrons. The number of likely N-dealkylation sites (N-methyl/N-ethyl adjacent to an activating group) is 1. The van der Waals surface area contributed by atoms with E-state index in [2.05, 4.69) is 22.2 Å². The molecule has 1 aliphatic carbocycles. The van der Waals surface area contributed by atoms with Crippen LogP contribution >= 0.6 is 0 Å². The topological polar surface area (TPSA) is 50.2 Å². The fourth-order valence-corrected chi connectivity index (χ4v) is 2.92. The third-order valence-corrected chi connectivity index (χ3v) is 4.48. The molecule has 0 aliphatic heterocycles. The molecule has 1 aromatic carbocycles. The van der Waals surface area contributed by atoms with Crippen LogP contribution in [0.2, 0.25) is 0 Å². The third-order valence-electron chi connectivity index (χ3n) is 4.48. The van der Waals surface area contributed by atoms with Crippen LogP contribution in [0.15, 0.2) is 30.5 Å². The zero-order valence-electron chi connectivity index (χ0n) is 14.1. The van der Waals surface area contributed by atoms with Gasteiger partial charge in [-0.3, -0.25) is 9.69 Å². The van der Waals surface area contributed by atoms with Gasteiger partial charge < -0.3 is 5.32 Å². The van der Waals surface area contributed by atoms with Crippen LogP contribution in [0, 0.1) is 12.7 Å². The van der Waals surface area contributed by atoms with Gasteiger partial charge in [0, 0.05) is 19.1 Å². The normalized spacial score (nSPS) is 14.2. The van der Waals surface area contributed by atoms with Crippen LogP contribution in [0.1, 0.15) is 35.8 Å². The maximum absolute atomic E-state index is 13.0. The molecular weight excluding hydrogens is 307 g/mol. The van der Waals surface area contributed by atoms with E-state index in [4.69, 9.17) is 0 Å². The van der Waals surface area contributed by atoms with E-state index in [9.17, 15) is 9.18 Å². The summed E-state index contributed by atoms with van der Waals surface area (Å²) >= 11 is 0. The molecule has 6 heteroatoms. The van der Waals surface area contributed by atoms with E-state index in [0.29, 0.717) is 18.2 Å². The van der Waals surface area contributed by atoms with Gasteiger partial charge in [-0.05, 0) is 50.6 Å². The Bertz CT molecular complexity index is 706. The molecule has 1 N–H and O–H groups in total. The molecule has 2 aromatic rings. The first-order valence-electron chi connectivity index (χ1n) is 8.43. The van der Waals surface area contributed by atoms with Crippen molar-refractivity contribution in [2.45, 2.75) is 32.7 Å². The molecule has 1 fully saturated rings. The summed E-state index contributed by atoms with van der Waals surface area (Å²) in [6.07, 6.45) is 4.10. The summed E-state index contributed by atoms with van der Waals surface area (Å²) in [4.78, 5) is 14.8. The summed E-state index contributed by atoms with van der Waals surface area (Å²) in [6, 6.07) is 6.76. The molecule has 1 heterocycles. The highest BCUT2D eigenvalue weighted by Crippen LogP contribution is 2.25. The van der Waals surface area contributed by atoms with Crippen LogP contribution in [0.4, 0.5) is 4.39 Å². The molecule has 3 rings (SSSR count). The Morgan fingerprint density at radius 3 is 2.71 bits per heavy atom. The number of hydrogen-bond acceptors (Lipinski definition) is 3. The lowest BCUT2D eigenvalue weighted by molar-refractivity contribution is 0.0947. The Hall–Kier alpha value is -2.21. The minimum Gasteiger partial charge on any atom is -0.351 e. The highest BCUT2D eigenvalue weighted by molar-refractivity contribution is 5.95. The molecule has 24 heavy (non-hydrogen) atoms. The fraction of sp³-hybridized carbons (Fsp3) is 0.444. The molecule has 0 unspecified atom stereocenters. The van der Waals surface area contributed by atoms with E-state index in [0.717, 1.165) is 24.5 Å². The van der Waals surface area contributed by atoms with Gasteiger partial charge in [0.05, 0.1) is 23.1 Å². The van der Waals surface area contributed by atoms with Crippen molar-refractivity contribution >= 4 is 5.91 Å². The third kappa shape index (κ3) is 3.64. The Kier molecular flexibility index (Phi) is 4.94. The second kappa shape index (κ2) is 7.13. The molecule has 5 nitrogen and oxygen atoms in total. The predicted molar refractivity (Wildman–Crippen MR) is 90.9 cm³/mol. The average Bonchev–Trinajstić information content (AvgIpc) is 3.35. The number of amides is 1. The molecule has 1 saturated carbocycles. The Labute approximate surface area is 141 Å². The quantitative estimate of drug-likeness (QED) is 0.849.